The highest BCUT2D eigenvalue weighted by molar-refractivity contribution is 5.86. The first-order valence-electron chi connectivity index (χ1n) is 8.62. The number of likely N-dealkylation sites (tertiary alicyclic amines) is 1. The highest BCUT2D eigenvalue weighted by Gasteiger charge is 2.42. The van der Waals surface area contributed by atoms with Crippen LogP contribution in [0, 0.1) is 16.7 Å². The van der Waals surface area contributed by atoms with Crippen molar-refractivity contribution >= 4 is 5.91 Å². The quantitative estimate of drug-likeness (QED) is 0.816. The molecule has 1 saturated heterocycles. The first kappa shape index (κ1) is 17.2. The number of carbonyl (C=O) groups is 1. The number of hydrogen-bond acceptors (Lipinski definition) is 4. The first-order valence-corrected chi connectivity index (χ1v) is 8.62. The fourth-order valence-electron chi connectivity index (χ4n) is 3.41. The predicted molar refractivity (Wildman–Crippen MR) is 85.2 cm³/mol. The van der Waals surface area contributed by atoms with E-state index in [-0.39, 0.29) is 18.1 Å². The zero-order valence-electron chi connectivity index (χ0n) is 13.9. The van der Waals surface area contributed by atoms with Gasteiger partial charge in [0, 0.05) is 25.7 Å². The molecule has 2 rings (SSSR count). The zero-order valence-corrected chi connectivity index (χ0v) is 13.9. The van der Waals surface area contributed by atoms with Crippen LogP contribution in [0.5, 0.6) is 0 Å². The molecule has 0 spiro atoms. The third-order valence-corrected chi connectivity index (χ3v) is 4.89. The zero-order chi connectivity index (χ0) is 16.0. The average Bonchev–Trinajstić information content (AvgIpc) is 2.99. The summed E-state index contributed by atoms with van der Waals surface area (Å²) in [5.41, 5.74) is -0.748. The van der Waals surface area contributed by atoms with Gasteiger partial charge in [-0.1, -0.05) is 12.8 Å². The molecular formula is C17H29N3O2. The minimum absolute atomic E-state index is 0.0332. The van der Waals surface area contributed by atoms with E-state index in [2.05, 4.69) is 30.1 Å². The van der Waals surface area contributed by atoms with Crippen molar-refractivity contribution in [1.82, 2.24) is 10.2 Å². The standard InChI is InChI=1S/C17H29N3O2/c1-14(2)22-12-11-20-9-5-15(6-10-20)19-16(21)17(13-18)7-3-4-8-17/h14-15H,3-12H2,1-2H3,(H,19,21). The van der Waals surface area contributed by atoms with Crippen LogP contribution >= 0.6 is 0 Å². The summed E-state index contributed by atoms with van der Waals surface area (Å²) < 4.78 is 5.58. The summed E-state index contributed by atoms with van der Waals surface area (Å²) in [6.07, 6.45) is 5.65. The van der Waals surface area contributed by atoms with Crippen LogP contribution < -0.4 is 5.32 Å². The molecule has 1 saturated carbocycles. The van der Waals surface area contributed by atoms with Gasteiger partial charge in [0.15, 0.2) is 0 Å². The molecule has 0 bridgehead atoms. The summed E-state index contributed by atoms with van der Waals surface area (Å²) in [4.78, 5) is 14.8. The number of amides is 1. The lowest BCUT2D eigenvalue weighted by molar-refractivity contribution is -0.129. The summed E-state index contributed by atoms with van der Waals surface area (Å²) >= 11 is 0. The SMILES string of the molecule is CC(C)OCCN1CCC(NC(=O)C2(C#N)CCCC2)CC1. The molecule has 1 aliphatic carbocycles. The summed E-state index contributed by atoms with van der Waals surface area (Å²) in [7, 11) is 0. The maximum Gasteiger partial charge on any atom is 0.240 e. The number of nitriles is 1. The Bertz CT molecular complexity index is 403. The Morgan fingerprint density at radius 2 is 2.00 bits per heavy atom. The van der Waals surface area contributed by atoms with E-state index < -0.39 is 5.41 Å². The van der Waals surface area contributed by atoms with Crippen LogP contribution in [0.2, 0.25) is 0 Å². The van der Waals surface area contributed by atoms with Crippen molar-refractivity contribution in [2.45, 2.75) is 64.5 Å². The smallest absolute Gasteiger partial charge is 0.240 e. The van der Waals surface area contributed by atoms with Gasteiger partial charge in [-0.3, -0.25) is 4.79 Å². The molecule has 0 radical (unpaired) electrons. The first-order chi connectivity index (χ1) is 10.6. The van der Waals surface area contributed by atoms with E-state index in [9.17, 15) is 10.1 Å². The third kappa shape index (κ3) is 4.44. The molecule has 1 heterocycles. The van der Waals surface area contributed by atoms with E-state index >= 15 is 0 Å². The average molecular weight is 307 g/mol. The third-order valence-electron chi connectivity index (χ3n) is 4.89. The van der Waals surface area contributed by atoms with Crippen LogP contribution in [0.1, 0.15) is 52.4 Å². The molecule has 124 valence electrons. The molecule has 0 aromatic carbocycles. The van der Waals surface area contributed by atoms with Gasteiger partial charge in [0.1, 0.15) is 5.41 Å². The number of ether oxygens (including phenoxy) is 1. The summed E-state index contributed by atoms with van der Waals surface area (Å²) in [5, 5.41) is 12.5. The van der Waals surface area contributed by atoms with Gasteiger partial charge in [-0.25, -0.2) is 0 Å². The van der Waals surface area contributed by atoms with Crippen molar-refractivity contribution < 1.29 is 9.53 Å². The summed E-state index contributed by atoms with van der Waals surface area (Å²) in [6.45, 7) is 7.82. The highest BCUT2D eigenvalue weighted by atomic mass is 16.5. The van der Waals surface area contributed by atoms with Crippen LogP contribution in [-0.2, 0) is 9.53 Å². The minimum Gasteiger partial charge on any atom is -0.377 e. The van der Waals surface area contributed by atoms with Crippen LogP contribution in [0.15, 0.2) is 0 Å². The molecule has 1 aliphatic heterocycles. The van der Waals surface area contributed by atoms with E-state index in [0.717, 1.165) is 64.8 Å². The van der Waals surface area contributed by atoms with Crippen LogP contribution in [-0.4, -0.2) is 49.2 Å². The van der Waals surface area contributed by atoms with E-state index in [0.29, 0.717) is 0 Å². The number of nitrogens with zero attached hydrogens (tertiary/aromatic N) is 2. The molecule has 0 aromatic heterocycles. The Kier molecular flexibility index (Phi) is 6.22. The molecule has 0 aromatic rings. The summed E-state index contributed by atoms with van der Waals surface area (Å²) in [6, 6.07) is 2.50. The number of hydrogen-bond donors (Lipinski definition) is 1. The maximum atomic E-state index is 12.4. The number of rotatable bonds is 6. The van der Waals surface area contributed by atoms with Crippen molar-refractivity contribution in [3.8, 4) is 6.07 Å². The Hall–Kier alpha value is -1.12. The topological polar surface area (TPSA) is 65.4 Å². The van der Waals surface area contributed by atoms with Gasteiger partial charge >= 0.3 is 0 Å². The highest BCUT2D eigenvalue weighted by Crippen LogP contribution is 2.37. The number of carbonyl (C=O) groups excluding carboxylic acids is 1. The van der Waals surface area contributed by atoms with Gasteiger partial charge in [0.25, 0.3) is 0 Å². The normalized spacial score (nSPS) is 22.6. The second kappa shape index (κ2) is 7.94. The lowest BCUT2D eigenvalue weighted by Crippen LogP contribution is -2.49. The van der Waals surface area contributed by atoms with Gasteiger partial charge < -0.3 is 15.0 Å². The van der Waals surface area contributed by atoms with E-state index in [1.807, 2.05) is 0 Å². The Morgan fingerprint density at radius 3 is 2.55 bits per heavy atom. The molecule has 1 N–H and O–H groups in total. The van der Waals surface area contributed by atoms with E-state index in [1.54, 1.807) is 0 Å². The number of nitrogens with one attached hydrogen (secondary N) is 1. The van der Waals surface area contributed by atoms with Crippen molar-refractivity contribution in [2.75, 3.05) is 26.2 Å². The van der Waals surface area contributed by atoms with Gasteiger partial charge in [0.2, 0.25) is 5.91 Å². The van der Waals surface area contributed by atoms with Crippen molar-refractivity contribution in [2.24, 2.45) is 5.41 Å². The van der Waals surface area contributed by atoms with Gasteiger partial charge in [-0.15, -0.1) is 0 Å². The maximum absolute atomic E-state index is 12.4. The van der Waals surface area contributed by atoms with Crippen LogP contribution in [0.4, 0.5) is 0 Å². The Morgan fingerprint density at radius 1 is 1.36 bits per heavy atom. The molecule has 1 amide bonds. The predicted octanol–water partition coefficient (Wildman–Crippen LogP) is 2.08. The van der Waals surface area contributed by atoms with Gasteiger partial charge in [-0.05, 0) is 39.5 Å². The molecule has 22 heavy (non-hydrogen) atoms. The molecule has 5 heteroatoms. The monoisotopic (exact) mass is 307 g/mol. The Labute approximate surface area is 134 Å². The molecular weight excluding hydrogens is 278 g/mol. The van der Waals surface area contributed by atoms with E-state index in [1.165, 1.54) is 0 Å². The van der Waals surface area contributed by atoms with Crippen molar-refractivity contribution in [3.63, 3.8) is 0 Å². The lowest BCUT2D eigenvalue weighted by Gasteiger charge is -2.33. The van der Waals surface area contributed by atoms with Crippen molar-refractivity contribution in [3.05, 3.63) is 0 Å². The molecule has 0 atom stereocenters. The minimum atomic E-state index is -0.748. The fourth-order valence-corrected chi connectivity index (χ4v) is 3.41. The second-order valence-electron chi connectivity index (χ2n) is 6.91. The van der Waals surface area contributed by atoms with E-state index in [4.69, 9.17) is 4.74 Å². The molecule has 2 aliphatic rings. The molecule has 2 fully saturated rings. The van der Waals surface area contributed by atoms with Gasteiger partial charge in [0.05, 0.1) is 18.8 Å². The fraction of sp³-hybridized carbons (Fsp3) is 0.882. The lowest BCUT2D eigenvalue weighted by atomic mass is 9.86. The number of piperidine rings is 1. The summed E-state index contributed by atoms with van der Waals surface area (Å²) in [5.74, 6) is -0.0332. The molecule has 5 nitrogen and oxygen atoms in total. The largest absolute Gasteiger partial charge is 0.377 e. The van der Waals surface area contributed by atoms with Crippen LogP contribution in [0.25, 0.3) is 0 Å². The second-order valence-corrected chi connectivity index (χ2v) is 6.91. The van der Waals surface area contributed by atoms with Crippen LogP contribution in [0.3, 0.4) is 0 Å². The van der Waals surface area contributed by atoms with Gasteiger partial charge in [-0.2, -0.15) is 5.26 Å². The Balaban J connectivity index is 1.71. The molecule has 0 unspecified atom stereocenters. The van der Waals surface area contributed by atoms with Crippen molar-refractivity contribution in [1.29, 1.82) is 5.26 Å².